The number of likely N-dealkylation sites (tertiary alicyclic amines) is 1. The summed E-state index contributed by atoms with van der Waals surface area (Å²) < 4.78 is 26.5. The Labute approximate surface area is 113 Å². The molecule has 1 heterocycles. The van der Waals surface area contributed by atoms with Gasteiger partial charge in [0.2, 0.25) is 0 Å². The van der Waals surface area contributed by atoms with E-state index in [-0.39, 0.29) is 15.9 Å². The zero-order valence-corrected chi connectivity index (χ0v) is 11.6. The largest absolute Gasteiger partial charge is 0.338 e. The summed E-state index contributed by atoms with van der Waals surface area (Å²) in [5, 5.41) is 0. The number of benzene rings is 1. The molecule has 18 heavy (non-hydrogen) atoms. The molecule has 0 spiro atoms. The summed E-state index contributed by atoms with van der Waals surface area (Å²) in [6, 6.07) is 2.16. The Hall–Kier alpha value is -0.970. The summed E-state index contributed by atoms with van der Waals surface area (Å²) in [4.78, 5) is 13.8. The Balaban J connectivity index is 2.23. The van der Waals surface area contributed by atoms with Crippen molar-refractivity contribution in [3.05, 3.63) is 33.8 Å². The van der Waals surface area contributed by atoms with Gasteiger partial charge in [-0.3, -0.25) is 4.79 Å². The normalized spacial score (nSPS) is 20.0. The molecule has 0 N–H and O–H groups in total. The predicted molar refractivity (Wildman–Crippen MR) is 68.4 cm³/mol. The van der Waals surface area contributed by atoms with Gasteiger partial charge in [0.05, 0.1) is 4.47 Å². The van der Waals surface area contributed by atoms with Crippen molar-refractivity contribution in [3.8, 4) is 0 Å². The fourth-order valence-corrected chi connectivity index (χ4v) is 2.46. The lowest BCUT2D eigenvalue weighted by Crippen LogP contribution is -2.39. The zero-order chi connectivity index (χ0) is 13.3. The van der Waals surface area contributed by atoms with Gasteiger partial charge in [0.1, 0.15) is 11.6 Å². The van der Waals surface area contributed by atoms with Crippen LogP contribution < -0.4 is 0 Å². The molecule has 1 aliphatic heterocycles. The average molecular weight is 318 g/mol. The molecule has 1 fully saturated rings. The standard InChI is InChI=1S/C13H14BrF2NO/c1-8-3-2-4-17(7-8)13(18)9-5-10(15)12(14)11(16)6-9/h5-6,8H,2-4,7H2,1H3. The molecular formula is C13H14BrF2NO. The molecule has 0 aliphatic carbocycles. The molecule has 0 radical (unpaired) electrons. The Kier molecular flexibility index (Phi) is 4.00. The van der Waals surface area contributed by atoms with E-state index in [1.54, 1.807) is 4.90 Å². The van der Waals surface area contributed by atoms with Gasteiger partial charge in [-0.05, 0) is 46.8 Å². The number of hydrogen-bond donors (Lipinski definition) is 0. The van der Waals surface area contributed by atoms with E-state index in [2.05, 4.69) is 22.9 Å². The molecule has 1 atom stereocenters. The van der Waals surface area contributed by atoms with Crippen LogP contribution >= 0.6 is 15.9 Å². The predicted octanol–water partition coefficient (Wildman–Crippen LogP) is 3.60. The van der Waals surface area contributed by atoms with E-state index in [0.29, 0.717) is 19.0 Å². The van der Waals surface area contributed by atoms with Crippen molar-refractivity contribution in [3.63, 3.8) is 0 Å². The minimum atomic E-state index is -0.747. The van der Waals surface area contributed by atoms with Crippen molar-refractivity contribution in [2.45, 2.75) is 19.8 Å². The number of carbonyl (C=O) groups is 1. The highest BCUT2D eigenvalue weighted by atomic mass is 79.9. The van der Waals surface area contributed by atoms with Gasteiger partial charge in [0.15, 0.2) is 0 Å². The van der Waals surface area contributed by atoms with Crippen LogP contribution in [0.4, 0.5) is 8.78 Å². The first-order chi connectivity index (χ1) is 8.49. The van der Waals surface area contributed by atoms with E-state index in [0.717, 1.165) is 25.0 Å². The molecule has 1 unspecified atom stereocenters. The number of halogens is 3. The second kappa shape index (κ2) is 5.34. The number of piperidine rings is 1. The van der Waals surface area contributed by atoms with E-state index in [9.17, 15) is 13.6 Å². The molecule has 1 saturated heterocycles. The van der Waals surface area contributed by atoms with E-state index >= 15 is 0 Å². The zero-order valence-electron chi connectivity index (χ0n) is 10.0. The SMILES string of the molecule is CC1CCCN(C(=O)c2cc(F)c(Br)c(F)c2)C1. The summed E-state index contributed by atoms with van der Waals surface area (Å²) in [6.45, 7) is 3.38. The van der Waals surface area contributed by atoms with E-state index in [1.165, 1.54) is 0 Å². The topological polar surface area (TPSA) is 20.3 Å². The number of amides is 1. The second-order valence-electron chi connectivity index (χ2n) is 4.75. The van der Waals surface area contributed by atoms with Gasteiger partial charge in [-0.25, -0.2) is 8.78 Å². The number of nitrogens with zero attached hydrogens (tertiary/aromatic N) is 1. The molecule has 2 nitrogen and oxygen atoms in total. The minimum absolute atomic E-state index is 0.0716. The lowest BCUT2D eigenvalue weighted by Gasteiger charge is -2.31. The molecule has 0 bridgehead atoms. The Morgan fingerprint density at radius 2 is 2.00 bits per heavy atom. The van der Waals surface area contributed by atoms with E-state index < -0.39 is 11.6 Å². The first-order valence-corrected chi connectivity index (χ1v) is 6.72. The van der Waals surface area contributed by atoms with Gasteiger partial charge in [-0.2, -0.15) is 0 Å². The third kappa shape index (κ3) is 2.71. The molecule has 2 rings (SSSR count). The molecule has 0 aromatic heterocycles. The second-order valence-corrected chi connectivity index (χ2v) is 5.55. The summed E-state index contributed by atoms with van der Waals surface area (Å²) >= 11 is 2.79. The molecule has 1 aliphatic rings. The average Bonchev–Trinajstić information content (AvgIpc) is 2.34. The fraction of sp³-hybridized carbons (Fsp3) is 0.462. The number of rotatable bonds is 1. The fourth-order valence-electron chi connectivity index (χ4n) is 2.24. The third-order valence-corrected chi connectivity index (χ3v) is 3.93. The first-order valence-electron chi connectivity index (χ1n) is 5.93. The van der Waals surface area contributed by atoms with E-state index in [1.807, 2.05) is 0 Å². The Morgan fingerprint density at radius 1 is 1.39 bits per heavy atom. The summed E-state index contributed by atoms with van der Waals surface area (Å²) in [5.74, 6) is -1.36. The molecule has 0 saturated carbocycles. The van der Waals surface area contributed by atoms with Crippen molar-refractivity contribution in [1.29, 1.82) is 0 Å². The van der Waals surface area contributed by atoms with Crippen LogP contribution in [0.25, 0.3) is 0 Å². The molecule has 5 heteroatoms. The highest BCUT2D eigenvalue weighted by Crippen LogP contribution is 2.23. The van der Waals surface area contributed by atoms with Gasteiger partial charge in [-0.15, -0.1) is 0 Å². The van der Waals surface area contributed by atoms with Crippen LogP contribution in [0.1, 0.15) is 30.1 Å². The van der Waals surface area contributed by atoms with Crippen molar-refractivity contribution < 1.29 is 13.6 Å². The summed E-state index contributed by atoms with van der Waals surface area (Å²) in [6.07, 6.45) is 2.03. The maximum Gasteiger partial charge on any atom is 0.254 e. The lowest BCUT2D eigenvalue weighted by atomic mass is 9.99. The van der Waals surface area contributed by atoms with Crippen molar-refractivity contribution in [2.24, 2.45) is 5.92 Å². The third-order valence-electron chi connectivity index (χ3n) is 3.17. The van der Waals surface area contributed by atoms with Crippen molar-refractivity contribution in [1.82, 2.24) is 4.90 Å². The van der Waals surface area contributed by atoms with Gasteiger partial charge in [0.25, 0.3) is 5.91 Å². The Bertz CT molecular complexity index is 455. The van der Waals surface area contributed by atoms with Crippen LogP contribution in [0, 0.1) is 17.6 Å². The highest BCUT2D eigenvalue weighted by Gasteiger charge is 2.23. The van der Waals surface area contributed by atoms with Crippen LogP contribution in [0.3, 0.4) is 0 Å². The summed E-state index contributed by atoms with van der Waals surface area (Å²) in [7, 11) is 0. The first kappa shape index (κ1) is 13.5. The summed E-state index contributed by atoms with van der Waals surface area (Å²) in [5.41, 5.74) is 0.0716. The van der Waals surface area contributed by atoms with Crippen LogP contribution in [-0.2, 0) is 0 Å². The van der Waals surface area contributed by atoms with Gasteiger partial charge in [-0.1, -0.05) is 6.92 Å². The van der Waals surface area contributed by atoms with Gasteiger partial charge >= 0.3 is 0 Å². The van der Waals surface area contributed by atoms with Crippen molar-refractivity contribution >= 4 is 21.8 Å². The van der Waals surface area contributed by atoms with Crippen LogP contribution in [0.15, 0.2) is 16.6 Å². The number of carbonyl (C=O) groups excluding carboxylic acids is 1. The minimum Gasteiger partial charge on any atom is -0.338 e. The van der Waals surface area contributed by atoms with Crippen LogP contribution in [0.2, 0.25) is 0 Å². The highest BCUT2D eigenvalue weighted by molar-refractivity contribution is 9.10. The Morgan fingerprint density at radius 3 is 2.56 bits per heavy atom. The molecule has 98 valence electrons. The van der Waals surface area contributed by atoms with Gasteiger partial charge < -0.3 is 4.90 Å². The van der Waals surface area contributed by atoms with Crippen LogP contribution in [0.5, 0.6) is 0 Å². The maximum atomic E-state index is 13.4. The number of hydrogen-bond acceptors (Lipinski definition) is 1. The van der Waals surface area contributed by atoms with Gasteiger partial charge in [0, 0.05) is 18.7 Å². The smallest absolute Gasteiger partial charge is 0.254 e. The lowest BCUT2D eigenvalue weighted by molar-refractivity contribution is 0.0682. The van der Waals surface area contributed by atoms with Crippen molar-refractivity contribution in [2.75, 3.05) is 13.1 Å². The van der Waals surface area contributed by atoms with E-state index in [4.69, 9.17) is 0 Å². The monoisotopic (exact) mass is 317 g/mol. The molecular weight excluding hydrogens is 304 g/mol. The molecule has 1 aromatic rings. The quantitative estimate of drug-likeness (QED) is 0.725. The molecule has 1 aromatic carbocycles. The van der Waals surface area contributed by atoms with Crippen LogP contribution in [-0.4, -0.2) is 23.9 Å². The maximum absolute atomic E-state index is 13.4. The molecule has 1 amide bonds.